The second-order valence-corrected chi connectivity index (χ2v) is 9.95. The molecular weight excluding hydrogens is 438 g/mol. The minimum absolute atomic E-state index is 0.190. The summed E-state index contributed by atoms with van der Waals surface area (Å²) >= 11 is 0. The monoisotopic (exact) mass is 465 g/mol. The van der Waals surface area contributed by atoms with E-state index < -0.39 is 12.0 Å². The summed E-state index contributed by atoms with van der Waals surface area (Å²) < 4.78 is 5.76. The first kappa shape index (κ1) is 21.8. The van der Waals surface area contributed by atoms with E-state index in [1.54, 1.807) is 12.1 Å². The zero-order valence-corrected chi connectivity index (χ0v) is 19.4. The van der Waals surface area contributed by atoms with Crippen LogP contribution in [-0.4, -0.2) is 28.7 Å². The quantitative estimate of drug-likeness (QED) is 0.295. The second kappa shape index (κ2) is 8.81. The summed E-state index contributed by atoms with van der Waals surface area (Å²) in [5.41, 5.74) is 2.97. The van der Waals surface area contributed by atoms with Gasteiger partial charge in [0, 0.05) is 6.42 Å². The van der Waals surface area contributed by atoms with E-state index in [9.17, 15) is 14.4 Å². The second-order valence-electron chi connectivity index (χ2n) is 9.95. The molecule has 5 heteroatoms. The minimum Gasteiger partial charge on any atom is -0.425 e. The number of hydrogen-bond donors (Lipinski definition) is 0. The summed E-state index contributed by atoms with van der Waals surface area (Å²) in [4.78, 5) is 41.7. The molecule has 0 unspecified atom stereocenters. The molecule has 3 aromatic carbocycles. The van der Waals surface area contributed by atoms with Gasteiger partial charge in [0.05, 0.1) is 11.8 Å². The molecule has 1 heterocycles. The van der Waals surface area contributed by atoms with Crippen molar-refractivity contribution >= 4 is 17.8 Å². The van der Waals surface area contributed by atoms with Gasteiger partial charge in [0.2, 0.25) is 11.8 Å². The molecule has 2 aliphatic carbocycles. The van der Waals surface area contributed by atoms with Gasteiger partial charge in [-0.3, -0.25) is 14.5 Å². The van der Waals surface area contributed by atoms with Gasteiger partial charge in [0.25, 0.3) is 0 Å². The fourth-order valence-electron chi connectivity index (χ4n) is 6.39. The molecular formula is C30H27NO4. The van der Waals surface area contributed by atoms with Gasteiger partial charge in [0.15, 0.2) is 0 Å². The number of hydrogen-bond acceptors (Lipinski definition) is 4. The van der Waals surface area contributed by atoms with Crippen LogP contribution in [0.15, 0.2) is 84.9 Å². The number of ether oxygens (including phenoxy) is 1. The highest BCUT2D eigenvalue weighted by Gasteiger charge is 2.62. The smallest absolute Gasteiger partial charge is 0.335 e. The zero-order chi connectivity index (χ0) is 23.9. The molecule has 1 aliphatic heterocycles. The van der Waals surface area contributed by atoms with Crippen LogP contribution in [0.2, 0.25) is 0 Å². The molecule has 6 rings (SSSR count). The highest BCUT2D eigenvalue weighted by atomic mass is 16.5. The van der Waals surface area contributed by atoms with E-state index in [1.165, 1.54) is 4.90 Å². The van der Waals surface area contributed by atoms with Gasteiger partial charge in [-0.05, 0) is 59.9 Å². The van der Waals surface area contributed by atoms with E-state index in [4.69, 9.17) is 4.74 Å². The Kier molecular flexibility index (Phi) is 5.48. The lowest BCUT2D eigenvalue weighted by atomic mass is 9.81. The molecule has 3 aromatic rings. The number of benzene rings is 3. The summed E-state index contributed by atoms with van der Waals surface area (Å²) in [5, 5.41) is 0. The van der Waals surface area contributed by atoms with E-state index in [-0.39, 0.29) is 41.9 Å². The number of carbonyl (C=O) groups excluding carboxylic acids is 3. The van der Waals surface area contributed by atoms with Crippen molar-refractivity contribution in [1.29, 1.82) is 0 Å². The van der Waals surface area contributed by atoms with Gasteiger partial charge < -0.3 is 4.74 Å². The first-order valence-corrected chi connectivity index (χ1v) is 12.4. The third-order valence-electron chi connectivity index (χ3n) is 8.00. The third kappa shape index (κ3) is 3.85. The van der Waals surface area contributed by atoms with Crippen LogP contribution < -0.4 is 4.74 Å². The summed E-state index contributed by atoms with van der Waals surface area (Å²) in [6.07, 6.45) is 3.21. The van der Waals surface area contributed by atoms with Crippen LogP contribution in [0.5, 0.6) is 5.75 Å². The van der Waals surface area contributed by atoms with Gasteiger partial charge in [-0.15, -0.1) is 0 Å². The number of fused-ring (bicyclic) bond motifs is 5. The fraction of sp³-hybridized carbons (Fsp3) is 0.300. The predicted molar refractivity (Wildman–Crippen MR) is 131 cm³/mol. The lowest BCUT2D eigenvalue weighted by Gasteiger charge is -2.26. The molecule has 2 saturated carbocycles. The van der Waals surface area contributed by atoms with Crippen LogP contribution in [0.1, 0.15) is 24.8 Å². The van der Waals surface area contributed by atoms with E-state index in [2.05, 4.69) is 0 Å². The zero-order valence-electron chi connectivity index (χ0n) is 19.4. The average molecular weight is 466 g/mol. The van der Waals surface area contributed by atoms with Gasteiger partial charge in [-0.25, -0.2) is 4.79 Å². The molecule has 2 bridgehead atoms. The average Bonchev–Trinajstić information content (AvgIpc) is 3.58. The highest BCUT2D eigenvalue weighted by Crippen LogP contribution is 2.56. The molecule has 3 fully saturated rings. The predicted octanol–water partition coefficient (Wildman–Crippen LogP) is 4.90. The number of esters is 1. The molecule has 35 heavy (non-hydrogen) atoms. The first-order valence-electron chi connectivity index (χ1n) is 12.4. The van der Waals surface area contributed by atoms with Gasteiger partial charge in [-0.2, -0.15) is 0 Å². The highest BCUT2D eigenvalue weighted by molar-refractivity contribution is 6.08. The standard InChI is InChI=1S/C30H27NO4/c32-28-26-22-11-12-23(18-22)27(26)29(33)31(28)25(17-19-7-3-1-4-8-19)30(34)35-24-15-13-21(14-16-24)20-9-5-2-6-10-20/h1-10,13-16,22-23,25-27H,11-12,17-18H2/t22-,23+,25-,26-,27+/m0/s1. The number of nitrogens with zero attached hydrogens (tertiary/aromatic N) is 1. The van der Waals surface area contributed by atoms with E-state index in [1.807, 2.05) is 72.8 Å². The van der Waals surface area contributed by atoms with Crippen molar-refractivity contribution in [2.45, 2.75) is 31.7 Å². The van der Waals surface area contributed by atoms with Crippen LogP contribution in [0.25, 0.3) is 11.1 Å². The lowest BCUT2D eigenvalue weighted by molar-refractivity contribution is -0.154. The van der Waals surface area contributed by atoms with Crippen molar-refractivity contribution in [2.75, 3.05) is 0 Å². The number of rotatable bonds is 6. The normalized spacial score (nSPS) is 25.5. The molecule has 0 aromatic heterocycles. The fourth-order valence-corrected chi connectivity index (χ4v) is 6.39. The third-order valence-corrected chi connectivity index (χ3v) is 8.00. The van der Waals surface area contributed by atoms with E-state index in [0.29, 0.717) is 5.75 Å². The molecule has 176 valence electrons. The molecule has 0 spiro atoms. The molecule has 5 atom stereocenters. The van der Waals surface area contributed by atoms with Crippen molar-refractivity contribution in [2.24, 2.45) is 23.7 Å². The van der Waals surface area contributed by atoms with Crippen LogP contribution in [0, 0.1) is 23.7 Å². The Morgan fingerprint density at radius 2 is 1.31 bits per heavy atom. The topological polar surface area (TPSA) is 63.7 Å². The minimum atomic E-state index is -0.976. The summed E-state index contributed by atoms with van der Waals surface area (Å²) in [6.45, 7) is 0. The van der Waals surface area contributed by atoms with Crippen LogP contribution in [0.3, 0.4) is 0 Å². The summed E-state index contributed by atoms with van der Waals surface area (Å²) in [5.74, 6) is -0.554. The molecule has 5 nitrogen and oxygen atoms in total. The molecule has 3 aliphatic rings. The number of carbonyl (C=O) groups is 3. The van der Waals surface area contributed by atoms with E-state index >= 15 is 0 Å². The summed E-state index contributed by atoms with van der Waals surface area (Å²) in [7, 11) is 0. The van der Waals surface area contributed by atoms with Crippen LogP contribution in [-0.2, 0) is 20.8 Å². The van der Waals surface area contributed by atoms with Crippen molar-refractivity contribution in [3.05, 3.63) is 90.5 Å². The molecule has 0 radical (unpaired) electrons. The van der Waals surface area contributed by atoms with Gasteiger partial charge in [0.1, 0.15) is 11.8 Å². The molecule has 0 N–H and O–H groups in total. The SMILES string of the molecule is O=C(Oc1ccc(-c2ccccc2)cc1)[C@H](Cc1ccccc1)N1C(=O)[C@@H]2[C@@H]3CC[C@@H](C3)[C@@H]2C1=O. The van der Waals surface area contributed by atoms with Crippen molar-refractivity contribution < 1.29 is 19.1 Å². The van der Waals surface area contributed by atoms with Crippen molar-refractivity contribution in [3.8, 4) is 16.9 Å². The number of amides is 2. The lowest BCUT2D eigenvalue weighted by Crippen LogP contribution is -2.49. The maximum absolute atomic E-state index is 13.5. The largest absolute Gasteiger partial charge is 0.425 e. The Morgan fingerprint density at radius 3 is 1.91 bits per heavy atom. The molecule has 2 amide bonds. The number of likely N-dealkylation sites (tertiary alicyclic amines) is 1. The Balaban J connectivity index is 1.26. The first-order chi connectivity index (χ1) is 17.1. The number of imide groups is 1. The Labute approximate surface area is 204 Å². The van der Waals surface area contributed by atoms with Crippen LogP contribution in [0.4, 0.5) is 0 Å². The summed E-state index contributed by atoms with van der Waals surface area (Å²) in [6, 6.07) is 25.8. The van der Waals surface area contributed by atoms with Crippen LogP contribution >= 0.6 is 0 Å². The van der Waals surface area contributed by atoms with E-state index in [0.717, 1.165) is 36.0 Å². The van der Waals surface area contributed by atoms with Gasteiger partial charge in [-0.1, -0.05) is 72.8 Å². The van der Waals surface area contributed by atoms with Gasteiger partial charge >= 0.3 is 5.97 Å². The maximum atomic E-state index is 13.5. The molecule has 1 saturated heterocycles. The maximum Gasteiger partial charge on any atom is 0.335 e. The Hall–Kier alpha value is -3.73. The Bertz CT molecular complexity index is 1230. The van der Waals surface area contributed by atoms with Crippen molar-refractivity contribution in [1.82, 2.24) is 4.90 Å². The Morgan fingerprint density at radius 1 is 0.771 bits per heavy atom. The van der Waals surface area contributed by atoms with Crippen molar-refractivity contribution in [3.63, 3.8) is 0 Å².